The van der Waals surface area contributed by atoms with Gasteiger partial charge in [-0.3, -0.25) is 4.90 Å². The zero-order valence-corrected chi connectivity index (χ0v) is 13.9. The van der Waals surface area contributed by atoms with Gasteiger partial charge in [-0.05, 0) is 44.2 Å². The SMILES string of the molecule is COC(C)C1C2CC23CC(Oc2ccc(C(F)(F)F)cn2)C3N1C. The minimum Gasteiger partial charge on any atom is -0.473 e. The number of rotatable bonds is 4. The molecule has 6 atom stereocenters. The van der Waals surface area contributed by atoms with Crippen LogP contribution in [0.25, 0.3) is 0 Å². The Kier molecular flexibility index (Phi) is 3.42. The van der Waals surface area contributed by atoms with Crippen molar-refractivity contribution in [2.45, 2.75) is 50.2 Å². The van der Waals surface area contributed by atoms with E-state index in [4.69, 9.17) is 9.47 Å². The molecule has 0 radical (unpaired) electrons. The van der Waals surface area contributed by atoms with Crippen LogP contribution in [0.4, 0.5) is 13.2 Å². The standard InChI is InChI=1S/C17H21F3N2O2/c1-9(23-3)14-11-6-16(11)7-12(15(16)22(14)2)24-13-5-4-10(8-21-13)17(18,19)20/h4-5,8-9,11-12,14-15H,6-7H2,1-3H3. The first-order valence-corrected chi connectivity index (χ1v) is 8.22. The van der Waals surface area contributed by atoms with Gasteiger partial charge in [0.1, 0.15) is 6.10 Å². The van der Waals surface area contributed by atoms with E-state index in [-0.39, 0.29) is 18.1 Å². The molecule has 7 heteroatoms. The van der Waals surface area contributed by atoms with Crippen molar-refractivity contribution in [1.29, 1.82) is 0 Å². The van der Waals surface area contributed by atoms with Gasteiger partial charge in [0, 0.05) is 25.4 Å². The van der Waals surface area contributed by atoms with Crippen molar-refractivity contribution in [2.24, 2.45) is 11.3 Å². The highest BCUT2D eigenvalue weighted by atomic mass is 19.4. The Bertz CT molecular complexity index is 636. The molecule has 3 fully saturated rings. The second-order valence-electron chi connectivity index (χ2n) is 7.33. The zero-order valence-electron chi connectivity index (χ0n) is 13.9. The lowest BCUT2D eigenvalue weighted by atomic mass is 9.73. The molecule has 24 heavy (non-hydrogen) atoms. The lowest BCUT2D eigenvalue weighted by molar-refractivity contribution is -0.137. The first-order valence-electron chi connectivity index (χ1n) is 8.22. The summed E-state index contributed by atoms with van der Waals surface area (Å²) < 4.78 is 49.2. The fraction of sp³-hybridized carbons (Fsp3) is 0.706. The molecule has 132 valence electrons. The summed E-state index contributed by atoms with van der Waals surface area (Å²) >= 11 is 0. The van der Waals surface area contributed by atoms with Crippen LogP contribution in [-0.2, 0) is 10.9 Å². The molecule has 2 aliphatic carbocycles. The minimum atomic E-state index is -4.37. The molecule has 1 aromatic heterocycles. The van der Waals surface area contributed by atoms with Crippen LogP contribution in [0, 0.1) is 11.3 Å². The lowest BCUT2D eigenvalue weighted by Crippen LogP contribution is -2.58. The number of nitrogens with zero attached hydrogens (tertiary/aromatic N) is 2. The normalized spacial score (nSPS) is 38.9. The molecule has 2 saturated carbocycles. The second kappa shape index (κ2) is 5.08. The highest BCUT2D eigenvalue weighted by Gasteiger charge is 2.78. The molecular formula is C17H21F3N2O2. The van der Waals surface area contributed by atoms with E-state index >= 15 is 0 Å². The molecule has 2 heterocycles. The molecule has 4 rings (SSSR count). The third kappa shape index (κ3) is 2.17. The molecule has 0 aromatic carbocycles. The van der Waals surface area contributed by atoms with Crippen molar-refractivity contribution in [1.82, 2.24) is 9.88 Å². The predicted octanol–water partition coefficient (Wildman–Crippen LogP) is 2.98. The summed E-state index contributed by atoms with van der Waals surface area (Å²) in [6, 6.07) is 3.01. The molecular weight excluding hydrogens is 321 g/mol. The maximum absolute atomic E-state index is 12.6. The van der Waals surface area contributed by atoms with E-state index in [1.54, 1.807) is 7.11 Å². The van der Waals surface area contributed by atoms with Gasteiger partial charge >= 0.3 is 6.18 Å². The quantitative estimate of drug-likeness (QED) is 0.843. The topological polar surface area (TPSA) is 34.6 Å². The minimum absolute atomic E-state index is 0.0155. The van der Waals surface area contributed by atoms with Crippen molar-refractivity contribution in [3.8, 4) is 5.88 Å². The Balaban J connectivity index is 1.45. The number of hydrogen-bond acceptors (Lipinski definition) is 4. The Morgan fingerprint density at radius 1 is 1.33 bits per heavy atom. The van der Waals surface area contributed by atoms with E-state index in [9.17, 15) is 13.2 Å². The summed E-state index contributed by atoms with van der Waals surface area (Å²) in [5.41, 5.74) is -0.433. The fourth-order valence-corrected chi connectivity index (χ4v) is 5.02. The Labute approximate surface area is 138 Å². The van der Waals surface area contributed by atoms with Crippen LogP contribution in [0.2, 0.25) is 0 Å². The Morgan fingerprint density at radius 3 is 2.67 bits per heavy atom. The average Bonchev–Trinajstić information content (AvgIpc) is 3.18. The number of likely N-dealkylation sites (tertiary alicyclic amines) is 1. The van der Waals surface area contributed by atoms with Crippen molar-refractivity contribution >= 4 is 0 Å². The van der Waals surface area contributed by atoms with Crippen molar-refractivity contribution < 1.29 is 22.6 Å². The number of piperidine rings is 1. The lowest BCUT2D eigenvalue weighted by Gasteiger charge is -2.47. The molecule has 4 nitrogen and oxygen atoms in total. The number of halogens is 3. The van der Waals surface area contributed by atoms with E-state index in [0.29, 0.717) is 23.4 Å². The third-order valence-corrected chi connectivity index (χ3v) is 6.21. The van der Waals surface area contributed by atoms with Crippen molar-refractivity contribution in [3.05, 3.63) is 23.9 Å². The summed E-state index contributed by atoms with van der Waals surface area (Å²) in [7, 11) is 3.82. The number of pyridine rings is 1. The van der Waals surface area contributed by atoms with Crippen LogP contribution >= 0.6 is 0 Å². The van der Waals surface area contributed by atoms with Crippen LogP contribution in [0.5, 0.6) is 5.88 Å². The molecule has 1 aromatic rings. The average molecular weight is 342 g/mol. The van der Waals surface area contributed by atoms with Gasteiger partial charge in [0.25, 0.3) is 0 Å². The largest absolute Gasteiger partial charge is 0.473 e. The fourth-order valence-electron chi connectivity index (χ4n) is 5.02. The summed E-state index contributed by atoms with van der Waals surface area (Å²) in [4.78, 5) is 6.16. The van der Waals surface area contributed by atoms with Crippen LogP contribution in [0.3, 0.4) is 0 Å². The van der Waals surface area contributed by atoms with Gasteiger partial charge in [-0.25, -0.2) is 4.98 Å². The maximum Gasteiger partial charge on any atom is 0.417 e. The molecule has 1 spiro atoms. The number of alkyl halides is 3. The van der Waals surface area contributed by atoms with Crippen molar-refractivity contribution in [2.75, 3.05) is 14.2 Å². The van der Waals surface area contributed by atoms with Crippen molar-refractivity contribution in [3.63, 3.8) is 0 Å². The van der Waals surface area contributed by atoms with Gasteiger partial charge in [-0.1, -0.05) is 0 Å². The molecule has 0 N–H and O–H groups in total. The van der Waals surface area contributed by atoms with Gasteiger partial charge in [-0.15, -0.1) is 0 Å². The number of hydrogen-bond donors (Lipinski definition) is 0. The van der Waals surface area contributed by atoms with Crippen LogP contribution in [0.1, 0.15) is 25.3 Å². The van der Waals surface area contributed by atoms with E-state index < -0.39 is 11.7 Å². The van der Waals surface area contributed by atoms with Gasteiger partial charge in [0.2, 0.25) is 5.88 Å². The molecule has 0 amide bonds. The Morgan fingerprint density at radius 2 is 2.08 bits per heavy atom. The van der Waals surface area contributed by atoms with Gasteiger partial charge in [-0.2, -0.15) is 13.2 Å². The zero-order chi connectivity index (χ0) is 17.3. The van der Waals surface area contributed by atoms with Crippen LogP contribution in [-0.4, -0.2) is 48.3 Å². The summed E-state index contributed by atoms with van der Waals surface area (Å²) in [5.74, 6) is 0.902. The van der Waals surface area contributed by atoms with E-state index in [0.717, 1.165) is 18.7 Å². The molecule has 3 aliphatic rings. The summed E-state index contributed by atoms with van der Waals surface area (Å²) in [6.45, 7) is 2.09. The second-order valence-corrected chi connectivity index (χ2v) is 7.33. The number of aromatic nitrogens is 1. The maximum atomic E-state index is 12.6. The smallest absolute Gasteiger partial charge is 0.417 e. The van der Waals surface area contributed by atoms with Gasteiger partial charge < -0.3 is 9.47 Å². The number of likely N-dealkylation sites (N-methyl/N-ethyl adjacent to an activating group) is 1. The predicted molar refractivity (Wildman–Crippen MR) is 80.6 cm³/mol. The Hall–Kier alpha value is -1.34. The third-order valence-electron chi connectivity index (χ3n) is 6.21. The van der Waals surface area contributed by atoms with Crippen LogP contribution < -0.4 is 4.74 Å². The summed E-state index contributed by atoms with van der Waals surface area (Å²) in [6.07, 6.45) is -1.25. The highest BCUT2D eigenvalue weighted by Crippen LogP contribution is 2.73. The summed E-state index contributed by atoms with van der Waals surface area (Å²) in [5, 5.41) is 0. The van der Waals surface area contributed by atoms with Gasteiger partial charge in [0.05, 0.1) is 17.7 Å². The highest BCUT2D eigenvalue weighted by molar-refractivity contribution is 5.30. The first-order chi connectivity index (χ1) is 11.3. The van der Waals surface area contributed by atoms with E-state index in [1.807, 2.05) is 0 Å². The number of methoxy groups -OCH3 is 1. The van der Waals surface area contributed by atoms with Crippen LogP contribution in [0.15, 0.2) is 18.3 Å². The van der Waals surface area contributed by atoms with E-state index in [2.05, 4.69) is 23.9 Å². The van der Waals surface area contributed by atoms with Gasteiger partial charge in [0.15, 0.2) is 0 Å². The molecule has 0 bridgehead atoms. The molecule has 1 aliphatic heterocycles. The number of ether oxygens (including phenoxy) is 2. The molecule has 1 saturated heterocycles. The molecule has 6 unspecified atom stereocenters. The monoisotopic (exact) mass is 342 g/mol. The first kappa shape index (κ1) is 16.1. The van der Waals surface area contributed by atoms with E-state index in [1.165, 1.54) is 12.5 Å².